The van der Waals surface area contributed by atoms with E-state index < -0.39 is 0 Å². The number of carbonyl (C=O) groups excluding carboxylic acids is 1. The summed E-state index contributed by atoms with van der Waals surface area (Å²) in [5.74, 6) is 0.844. The first-order valence-electron chi connectivity index (χ1n) is 5.91. The van der Waals surface area contributed by atoms with Crippen LogP contribution in [0.4, 0.5) is 0 Å². The molecule has 4 heteroatoms. The van der Waals surface area contributed by atoms with E-state index in [2.05, 4.69) is 10.1 Å². The molecule has 1 aromatic heterocycles. The van der Waals surface area contributed by atoms with Crippen LogP contribution in [-0.2, 0) is 0 Å². The van der Waals surface area contributed by atoms with Crippen LogP contribution in [0.1, 0.15) is 10.6 Å². The van der Waals surface area contributed by atoms with Gasteiger partial charge in [-0.15, -0.1) is 5.10 Å². The highest BCUT2D eigenvalue weighted by atomic mass is 16.1. The maximum atomic E-state index is 11.1. The van der Waals surface area contributed by atoms with Crippen molar-refractivity contribution in [2.45, 2.75) is 0 Å². The average Bonchev–Trinajstić information content (AvgIpc) is 2.93. The van der Waals surface area contributed by atoms with Gasteiger partial charge in [0.1, 0.15) is 0 Å². The number of aromatic nitrogens is 3. The van der Waals surface area contributed by atoms with Gasteiger partial charge >= 0.3 is 0 Å². The van der Waals surface area contributed by atoms with E-state index in [0.717, 1.165) is 11.3 Å². The first-order chi connectivity index (χ1) is 9.38. The molecule has 0 saturated carbocycles. The molecular weight excluding hydrogens is 238 g/mol. The highest BCUT2D eigenvalue weighted by molar-refractivity contribution is 5.72. The molecule has 0 unspecified atom stereocenters. The summed E-state index contributed by atoms with van der Waals surface area (Å²) in [6.07, 6.45) is 0.715. The summed E-state index contributed by atoms with van der Waals surface area (Å²) >= 11 is 0. The lowest BCUT2D eigenvalue weighted by Gasteiger charge is -2.00. The standard InChI is InChI=1S/C15H11N3O/c19-11-14-16-15(12-7-3-1-4-8-12)17-18(14)13-9-5-2-6-10-13/h1-11H. The van der Waals surface area contributed by atoms with Crippen molar-refractivity contribution in [3.8, 4) is 17.1 Å². The molecule has 3 aromatic rings. The highest BCUT2D eigenvalue weighted by Crippen LogP contribution is 2.17. The second-order valence-electron chi connectivity index (χ2n) is 4.02. The van der Waals surface area contributed by atoms with Crippen LogP contribution >= 0.6 is 0 Å². The minimum atomic E-state index is 0.296. The summed E-state index contributed by atoms with van der Waals surface area (Å²) in [5, 5.41) is 4.40. The molecule has 0 fully saturated rings. The lowest BCUT2D eigenvalue weighted by atomic mass is 10.2. The Labute approximate surface area is 110 Å². The monoisotopic (exact) mass is 249 g/mol. The van der Waals surface area contributed by atoms with Crippen molar-refractivity contribution in [3.05, 3.63) is 66.5 Å². The Morgan fingerprint density at radius 2 is 1.53 bits per heavy atom. The van der Waals surface area contributed by atoms with Gasteiger partial charge in [0.2, 0.25) is 0 Å². The summed E-state index contributed by atoms with van der Waals surface area (Å²) < 4.78 is 1.55. The number of hydrogen-bond acceptors (Lipinski definition) is 3. The summed E-state index contributed by atoms with van der Waals surface area (Å²) in [4.78, 5) is 15.4. The molecule has 0 bridgehead atoms. The lowest BCUT2D eigenvalue weighted by molar-refractivity contribution is 0.111. The quantitative estimate of drug-likeness (QED) is 0.670. The molecule has 19 heavy (non-hydrogen) atoms. The van der Waals surface area contributed by atoms with E-state index in [9.17, 15) is 4.79 Å². The van der Waals surface area contributed by atoms with E-state index >= 15 is 0 Å². The van der Waals surface area contributed by atoms with Gasteiger partial charge in [-0.2, -0.15) is 0 Å². The third-order valence-corrected chi connectivity index (χ3v) is 2.77. The zero-order valence-electron chi connectivity index (χ0n) is 10.1. The van der Waals surface area contributed by atoms with Gasteiger partial charge in [-0.1, -0.05) is 48.5 Å². The summed E-state index contributed by atoms with van der Waals surface area (Å²) in [5.41, 5.74) is 1.71. The van der Waals surface area contributed by atoms with E-state index in [1.54, 1.807) is 4.68 Å². The zero-order chi connectivity index (χ0) is 13.1. The van der Waals surface area contributed by atoms with Crippen molar-refractivity contribution < 1.29 is 4.79 Å². The number of rotatable bonds is 3. The summed E-state index contributed by atoms with van der Waals surface area (Å²) in [7, 11) is 0. The van der Waals surface area contributed by atoms with Crippen LogP contribution in [0, 0.1) is 0 Å². The molecule has 0 radical (unpaired) electrons. The van der Waals surface area contributed by atoms with Gasteiger partial charge in [-0.3, -0.25) is 4.79 Å². The van der Waals surface area contributed by atoms with Gasteiger partial charge in [-0.05, 0) is 12.1 Å². The molecule has 0 N–H and O–H groups in total. The molecule has 0 aliphatic carbocycles. The van der Waals surface area contributed by atoms with Crippen LogP contribution in [0.25, 0.3) is 17.1 Å². The van der Waals surface area contributed by atoms with Crippen LogP contribution in [0.15, 0.2) is 60.7 Å². The van der Waals surface area contributed by atoms with E-state index in [-0.39, 0.29) is 0 Å². The van der Waals surface area contributed by atoms with Gasteiger partial charge in [0.25, 0.3) is 0 Å². The molecule has 4 nitrogen and oxygen atoms in total. The molecule has 0 aliphatic rings. The number of benzene rings is 2. The Kier molecular flexibility index (Phi) is 2.90. The molecular formula is C15H11N3O. The number of carbonyl (C=O) groups is 1. The summed E-state index contributed by atoms with van der Waals surface area (Å²) in [6, 6.07) is 19.1. The van der Waals surface area contributed by atoms with Crippen molar-refractivity contribution in [3.63, 3.8) is 0 Å². The fraction of sp³-hybridized carbons (Fsp3) is 0. The van der Waals surface area contributed by atoms with Crippen molar-refractivity contribution in [1.82, 2.24) is 14.8 Å². The van der Waals surface area contributed by atoms with Crippen LogP contribution in [-0.4, -0.2) is 21.1 Å². The Hall–Kier alpha value is -2.75. The van der Waals surface area contributed by atoms with Gasteiger partial charge in [-0.25, -0.2) is 9.67 Å². The minimum Gasteiger partial charge on any atom is -0.294 e. The SMILES string of the molecule is O=Cc1nc(-c2ccccc2)nn1-c1ccccc1. The zero-order valence-corrected chi connectivity index (χ0v) is 10.1. The molecule has 92 valence electrons. The van der Waals surface area contributed by atoms with E-state index in [4.69, 9.17) is 0 Å². The predicted octanol–water partition coefficient (Wildman–Crippen LogP) is 2.75. The molecule has 0 atom stereocenters. The number of para-hydroxylation sites is 1. The van der Waals surface area contributed by atoms with Gasteiger partial charge in [0, 0.05) is 5.56 Å². The fourth-order valence-corrected chi connectivity index (χ4v) is 1.87. The predicted molar refractivity (Wildman–Crippen MR) is 72.2 cm³/mol. The first-order valence-corrected chi connectivity index (χ1v) is 5.91. The topological polar surface area (TPSA) is 47.8 Å². The number of nitrogens with zero attached hydrogens (tertiary/aromatic N) is 3. The Balaban J connectivity index is 2.12. The number of aldehydes is 1. The second-order valence-corrected chi connectivity index (χ2v) is 4.02. The number of hydrogen-bond donors (Lipinski definition) is 0. The third-order valence-electron chi connectivity index (χ3n) is 2.77. The van der Waals surface area contributed by atoms with E-state index in [1.165, 1.54) is 0 Å². The molecule has 0 spiro atoms. The van der Waals surface area contributed by atoms with Gasteiger partial charge in [0.15, 0.2) is 17.9 Å². The first kappa shape index (κ1) is 11.3. The van der Waals surface area contributed by atoms with E-state index in [1.807, 2.05) is 60.7 Å². The highest BCUT2D eigenvalue weighted by Gasteiger charge is 2.11. The van der Waals surface area contributed by atoms with E-state index in [0.29, 0.717) is 17.9 Å². The second kappa shape index (κ2) is 4.86. The van der Waals surface area contributed by atoms with Crippen molar-refractivity contribution in [2.24, 2.45) is 0 Å². The molecule has 2 aromatic carbocycles. The average molecular weight is 249 g/mol. The van der Waals surface area contributed by atoms with Crippen molar-refractivity contribution >= 4 is 6.29 Å². The molecule has 0 aliphatic heterocycles. The van der Waals surface area contributed by atoms with Crippen LogP contribution in [0.2, 0.25) is 0 Å². The normalized spacial score (nSPS) is 10.3. The van der Waals surface area contributed by atoms with Crippen molar-refractivity contribution in [1.29, 1.82) is 0 Å². The molecule has 0 amide bonds. The van der Waals surface area contributed by atoms with Crippen LogP contribution in [0.5, 0.6) is 0 Å². The summed E-state index contributed by atoms with van der Waals surface area (Å²) in [6.45, 7) is 0. The van der Waals surface area contributed by atoms with Gasteiger partial charge < -0.3 is 0 Å². The maximum Gasteiger partial charge on any atom is 0.196 e. The molecule has 1 heterocycles. The Morgan fingerprint density at radius 3 is 2.16 bits per heavy atom. The van der Waals surface area contributed by atoms with Crippen LogP contribution < -0.4 is 0 Å². The van der Waals surface area contributed by atoms with Crippen molar-refractivity contribution in [2.75, 3.05) is 0 Å². The fourth-order valence-electron chi connectivity index (χ4n) is 1.87. The minimum absolute atomic E-state index is 0.296. The third kappa shape index (κ3) is 2.15. The Bertz CT molecular complexity index is 690. The molecule has 0 saturated heterocycles. The van der Waals surface area contributed by atoms with Crippen LogP contribution in [0.3, 0.4) is 0 Å². The Morgan fingerprint density at radius 1 is 0.895 bits per heavy atom. The smallest absolute Gasteiger partial charge is 0.196 e. The largest absolute Gasteiger partial charge is 0.294 e. The molecule has 3 rings (SSSR count). The lowest BCUT2D eigenvalue weighted by Crippen LogP contribution is -2.01. The van der Waals surface area contributed by atoms with Gasteiger partial charge in [0.05, 0.1) is 5.69 Å². The maximum absolute atomic E-state index is 11.1.